The Morgan fingerprint density at radius 3 is 2.11 bits per heavy atom. The van der Waals surface area contributed by atoms with Crippen molar-refractivity contribution in [1.82, 2.24) is 9.21 Å². The summed E-state index contributed by atoms with van der Waals surface area (Å²) in [6.45, 7) is 2.96. The molecular formula is C21H28N2O3SSn. The second-order valence-electron chi connectivity index (χ2n) is 8.36. The normalized spacial score (nSPS) is 18.9. The van der Waals surface area contributed by atoms with Crippen LogP contribution in [0.15, 0.2) is 59.5 Å². The van der Waals surface area contributed by atoms with Gasteiger partial charge in [0.05, 0.1) is 0 Å². The summed E-state index contributed by atoms with van der Waals surface area (Å²) in [6, 6.07) is 16.3. The van der Waals surface area contributed by atoms with Gasteiger partial charge >= 0.3 is 155 Å². The molecule has 2 aromatic carbocycles. The molecule has 2 aromatic rings. The third-order valence-electron chi connectivity index (χ3n) is 5.20. The van der Waals surface area contributed by atoms with Crippen LogP contribution in [0.2, 0.25) is 14.8 Å². The summed E-state index contributed by atoms with van der Waals surface area (Å²) in [6.07, 6.45) is 0. The summed E-state index contributed by atoms with van der Waals surface area (Å²) >= 11 is -2.22. The predicted molar refractivity (Wildman–Crippen MR) is 115 cm³/mol. The molecule has 1 atom stereocenters. The molecule has 1 amide bonds. The summed E-state index contributed by atoms with van der Waals surface area (Å²) in [7, 11) is -3.57. The van der Waals surface area contributed by atoms with Crippen molar-refractivity contribution in [3.63, 3.8) is 0 Å². The molecule has 28 heavy (non-hydrogen) atoms. The zero-order valence-corrected chi connectivity index (χ0v) is 20.6. The fourth-order valence-corrected chi connectivity index (χ4v) is 8.45. The molecule has 150 valence electrons. The van der Waals surface area contributed by atoms with Crippen LogP contribution in [-0.2, 0) is 10.0 Å². The number of carbonyl (C=O) groups is 1. The zero-order valence-electron chi connectivity index (χ0n) is 16.9. The van der Waals surface area contributed by atoms with Crippen molar-refractivity contribution in [3.8, 4) is 0 Å². The molecule has 0 saturated carbocycles. The quantitative estimate of drug-likeness (QED) is 0.599. The Bertz CT molecular complexity index is 938. The Morgan fingerprint density at radius 1 is 0.964 bits per heavy atom. The molecule has 1 aliphatic rings. The van der Waals surface area contributed by atoms with E-state index in [9.17, 15) is 13.2 Å². The van der Waals surface area contributed by atoms with Crippen molar-refractivity contribution >= 4 is 37.9 Å². The monoisotopic (exact) mass is 508 g/mol. The predicted octanol–water partition coefficient (Wildman–Crippen LogP) is 2.77. The van der Waals surface area contributed by atoms with E-state index < -0.39 is 28.4 Å². The summed E-state index contributed by atoms with van der Waals surface area (Å²) < 4.78 is 29.1. The molecule has 5 nitrogen and oxygen atoms in total. The first kappa shape index (κ1) is 21.3. The second kappa shape index (κ2) is 8.16. The minimum absolute atomic E-state index is 0.0495. The molecule has 1 fully saturated rings. The Labute approximate surface area is 172 Å². The molecule has 1 saturated heterocycles. The Kier molecular flexibility index (Phi) is 6.22. The van der Waals surface area contributed by atoms with E-state index in [2.05, 4.69) is 14.8 Å². The van der Waals surface area contributed by atoms with Gasteiger partial charge in [0, 0.05) is 0 Å². The topological polar surface area (TPSA) is 57.7 Å². The van der Waals surface area contributed by atoms with Crippen LogP contribution in [0.5, 0.6) is 0 Å². The molecule has 0 aliphatic carbocycles. The molecule has 3 rings (SSSR count). The molecule has 1 heterocycles. The third kappa shape index (κ3) is 4.44. The molecule has 0 unspecified atom stereocenters. The van der Waals surface area contributed by atoms with Crippen LogP contribution in [0, 0.1) is 0 Å². The standard InChI is InChI=1S/C18H19N2O3S.3CH3.Sn/c1-15-14-19(18(21)16-8-4-2-5-9-16)12-13-20(15)24(22,23)17-10-6-3-7-11-17;;;;/h2,4-11,15H,12-14H2,1H3;3*1H3;/t15-;;;;/m1..../s1. The van der Waals surface area contributed by atoms with Crippen molar-refractivity contribution in [1.29, 1.82) is 0 Å². The first-order chi connectivity index (χ1) is 13.1. The van der Waals surface area contributed by atoms with E-state index >= 15 is 0 Å². The number of hydrogen-bond donors (Lipinski definition) is 0. The van der Waals surface area contributed by atoms with Gasteiger partial charge in [0.1, 0.15) is 0 Å². The maximum absolute atomic E-state index is 13.1. The SMILES string of the molecule is C[C@@H]1CN(C(=O)c2ccccc2)CCN1S(=O)(=O)c1cc[c]([Sn]([CH3])([CH3])[CH3])cc1. The van der Waals surface area contributed by atoms with Crippen molar-refractivity contribution in [2.45, 2.75) is 32.7 Å². The van der Waals surface area contributed by atoms with E-state index in [0.29, 0.717) is 30.1 Å². The van der Waals surface area contributed by atoms with Gasteiger partial charge in [-0.15, -0.1) is 0 Å². The Morgan fingerprint density at radius 2 is 1.57 bits per heavy atom. The molecule has 1 aliphatic heterocycles. The summed E-state index contributed by atoms with van der Waals surface area (Å²) in [5, 5.41) is 0. The van der Waals surface area contributed by atoms with E-state index in [1.165, 1.54) is 7.88 Å². The number of hydrogen-bond acceptors (Lipinski definition) is 3. The molecule has 0 spiro atoms. The number of benzene rings is 2. The van der Waals surface area contributed by atoms with E-state index in [1.54, 1.807) is 29.2 Å². The van der Waals surface area contributed by atoms with Crippen molar-refractivity contribution in [2.24, 2.45) is 0 Å². The molecule has 0 bridgehead atoms. The number of nitrogens with zero attached hydrogens (tertiary/aromatic N) is 2. The molecular weight excluding hydrogens is 479 g/mol. The number of sulfonamides is 1. The number of amides is 1. The van der Waals surface area contributed by atoms with Gasteiger partial charge in [-0.3, -0.25) is 0 Å². The summed E-state index contributed by atoms with van der Waals surface area (Å²) in [5.74, 6) is -0.0495. The number of rotatable bonds is 4. The minimum atomic E-state index is -3.57. The van der Waals surface area contributed by atoms with E-state index in [0.717, 1.165) is 0 Å². The van der Waals surface area contributed by atoms with Gasteiger partial charge in [-0.25, -0.2) is 0 Å². The van der Waals surface area contributed by atoms with Gasteiger partial charge < -0.3 is 0 Å². The van der Waals surface area contributed by atoms with E-state index in [-0.39, 0.29) is 11.9 Å². The maximum atomic E-state index is 13.1. The van der Waals surface area contributed by atoms with Crippen LogP contribution in [0.3, 0.4) is 0 Å². The van der Waals surface area contributed by atoms with Crippen LogP contribution >= 0.6 is 0 Å². The van der Waals surface area contributed by atoms with Gasteiger partial charge in [0.25, 0.3) is 0 Å². The fourth-order valence-electron chi connectivity index (χ4n) is 3.51. The van der Waals surface area contributed by atoms with Crippen LogP contribution in [0.1, 0.15) is 17.3 Å². The van der Waals surface area contributed by atoms with Crippen LogP contribution in [0.25, 0.3) is 0 Å². The van der Waals surface area contributed by atoms with Gasteiger partial charge in [-0.1, -0.05) is 18.2 Å². The van der Waals surface area contributed by atoms with Crippen molar-refractivity contribution < 1.29 is 13.2 Å². The van der Waals surface area contributed by atoms with Crippen molar-refractivity contribution in [2.75, 3.05) is 19.6 Å². The zero-order chi connectivity index (χ0) is 20.5. The Hall–Kier alpha value is -1.38. The number of piperazine rings is 1. The average Bonchev–Trinajstić information content (AvgIpc) is 2.67. The Balaban J connectivity index is 1.75. The van der Waals surface area contributed by atoms with Crippen LogP contribution in [-0.4, -0.2) is 67.6 Å². The third-order valence-corrected chi connectivity index (χ3v) is 13.1. The molecule has 0 N–H and O–H groups in total. The van der Waals surface area contributed by atoms with Gasteiger partial charge in [-0.05, 0) is 0 Å². The van der Waals surface area contributed by atoms with Crippen molar-refractivity contribution in [3.05, 3.63) is 60.2 Å². The molecule has 0 aromatic heterocycles. The van der Waals surface area contributed by atoms with Gasteiger partial charge in [0.2, 0.25) is 0 Å². The summed E-state index contributed by atoms with van der Waals surface area (Å²) in [5.41, 5.74) is 0.634. The second-order valence-corrected chi connectivity index (χ2v) is 24.7. The van der Waals surface area contributed by atoms with E-state index in [1.807, 2.05) is 37.3 Å². The first-order valence-corrected chi connectivity index (χ1v) is 21.0. The molecule has 0 radical (unpaired) electrons. The van der Waals surface area contributed by atoms with Gasteiger partial charge in [0.15, 0.2) is 0 Å². The average molecular weight is 507 g/mol. The van der Waals surface area contributed by atoms with Gasteiger partial charge in [-0.2, -0.15) is 0 Å². The summed E-state index contributed by atoms with van der Waals surface area (Å²) in [4.78, 5) is 21.7. The fraction of sp³-hybridized carbons (Fsp3) is 0.381. The van der Waals surface area contributed by atoms with E-state index in [4.69, 9.17) is 0 Å². The van der Waals surface area contributed by atoms with Crippen LogP contribution < -0.4 is 3.58 Å². The van der Waals surface area contributed by atoms with Crippen LogP contribution in [0.4, 0.5) is 0 Å². The first-order valence-electron chi connectivity index (χ1n) is 9.57. The molecule has 7 heteroatoms. The number of carbonyl (C=O) groups excluding carboxylic acids is 1.